The van der Waals surface area contributed by atoms with Crippen LogP contribution in [-0.2, 0) is 10.0 Å². The summed E-state index contributed by atoms with van der Waals surface area (Å²) in [6, 6.07) is 10.8. The molecule has 0 amide bonds. The average molecular weight is 465 g/mol. The number of aromatic nitrogens is 2. The summed E-state index contributed by atoms with van der Waals surface area (Å²) in [7, 11) is -3.71. The number of hydrogen-bond acceptors (Lipinski definition) is 5. The number of nitrogen functional groups attached to an aromatic ring is 1. The summed E-state index contributed by atoms with van der Waals surface area (Å²) in [6.07, 6.45) is 1.96. The number of hydrogen-bond donors (Lipinski definition) is 4. The lowest BCUT2D eigenvalue weighted by molar-refractivity contribution is 0.0728. The summed E-state index contributed by atoms with van der Waals surface area (Å²) in [5.74, 6) is 0.398. The van der Waals surface area contributed by atoms with E-state index in [9.17, 15) is 13.5 Å². The molecule has 0 aliphatic carbocycles. The average Bonchev–Trinajstić information content (AvgIpc) is 3.07. The molecular formula is C22H29ClN4O3S. The Morgan fingerprint density at radius 2 is 1.84 bits per heavy atom. The maximum Gasteiger partial charge on any atom is 0.240 e. The normalized spacial score (nSPS) is 11.9. The highest BCUT2D eigenvalue weighted by molar-refractivity contribution is 7.89. The van der Waals surface area contributed by atoms with E-state index >= 15 is 0 Å². The Balaban J connectivity index is 0.00000341. The largest absolute Gasteiger partial charge is 0.390 e. The molecule has 3 aromatic rings. The molecule has 31 heavy (non-hydrogen) atoms. The van der Waals surface area contributed by atoms with Crippen molar-refractivity contribution in [1.82, 2.24) is 14.7 Å². The molecule has 0 aliphatic heterocycles. The van der Waals surface area contributed by atoms with Crippen molar-refractivity contribution in [3.8, 4) is 22.4 Å². The minimum Gasteiger partial charge on any atom is -0.390 e. The highest BCUT2D eigenvalue weighted by Gasteiger charge is 2.19. The molecule has 1 aromatic carbocycles. The van der Waals surface area contributed by atoms with Crippen LogP contribution >= 0.6 is 12.4 Å². The maximum atomic E-state index is 12.7. The number of halogens is 1. The number of H-pyrrole nitrogens is 1. The molecule has 0 atom stereocenters. The highest BCUT2D eigenvalue weighted by Crippen LogP contribution is 2.32. The predicted molar refractivity (Wildman–Crippen MR) is 127 cm³/mol. The number of nitrogens with one attached hydrogen (secondary N) is 2. The summed E-state index contributed by atoms with van der Waals surface area (Å²) < 4.78 is 28.0. The van der Waals surface area contributed by atoms with Crippen LogP contribution in [0.1, 0.15) is 31.5 Å². The summed E-state index contributed by atoms with van der Waals surface area (Å²) in [6.45, 7) is 7.31. The van der Waals surface area contributed by atoms with Gasteiger partial charge in [0.05, 0.1) is 10.5 Å². The van der Waals surface area contributed by atoms with E-state index in [0.717, 1.165) is 33.6 Å². The van der Waals surface area contributed by atoms with E-state index in [1.165, 1.54) is 0 Å². The van der Waals surface area contributed by atoms with Gasteiger partial charge in [-0.15, -0.1) is 12.4 Å². The Hall–Kier alpha value is -2.39. The van der Waals surface area contributed by atoms with Gasteiger partial charge in [0.25, 0.3) is 0 Å². The monoisotopic (exact) mass is 464 g/mol. The van der Waals surface area contributed by atoms with Gasteiger partial charge < -0.3 is 15.8 Å². The standard InChI is InChI=1S/C22H28N4O3S.ClH/c1-14-5-7-17(30(28,29)25-10-9-22(3,4)27)12-18(14)16-11-19(21(23)24-13-16)20-8-6-15(2)26-20;/h5-8,11-13,25-27H,9-10H2,1-4H3,(H2,23,24);1H. The van der Waals surface area contributed by atoms with Crippen molar-refractivity contribution < 1.29 is 13.5 Å². The molecule has 168 valence electrons. The third kappa shape index (κ3) is 6.07. The van der Waals surface area contributed by atoms with Gasteiger partial charge in [0.15, 0.2) is 0 Å². The fourth-order valence-corrected chi connectivity index (χ4v) is 4.21. The van der Waals surface area contributed by atoms with Crippen LogP contribution in [0.4, 0.5) is 5.82 Å². The van der Waals surface area contributed by atoms with E-state index in [1.807, 2.05) is 32.0 Å². The van der Waals surface area contributed by atoms with E-state index in [4.69, 9.17) is 5.73 Å². The van der Waals surface area contributed by atoms with Crippen molar-refractivity contribution in [2.24, 2.45) is 0 Å². The van der Waals surface area contributed by atoms with Crippen LogP contribution < -0.4 is 10.5 Å². The quantitative estimate of drug-likeness (QED) is 0.423. The van der Waals surface area contributed by atoms with Crippen molar-refractivity contribution >= 4 is 28.2 Å². The third-order valence-electron chi connectivity index (χ3n) is 4.90. The second kappa shape index (κ2) is 9.40. The molecule has 2 aromatic heterocycles. The number of rotatable bonds is 7. The zero-order valence-corrected chi connectivity index (χ0v) is 19.7. The van der Waals surface area contributed by atoms with Gasteiger partial charge in [-0.25, -0.2) is 18.1 Å². The lowest BCUT2D eigenvalue weighted by Crippen LogP contribution is -2.30. The van der Waals surface area contributed by atoms with Crippen molar-refractivity contribution in [2.75, 3.05) is 12.3 Å². The van der Waals surface area contributed by atoms with Crippen molar-refractivity contribution in [3.05, 3.63) is 53.9 Å². The zero-order valence-electron chi connectivity index (χ0n) is 18.1. The maximum absolute atomic E-state index is 12.7. The molecule has 2 heterocycles. The Morgan fingerprint density at radius 3 is 2.45 bits per heavy atom. The SMILES string of the molecule is Cc1ccc(-c2cc(-c3cc(S(=O)(=O)NCCC(C)(C)O)ccc3C)cnc2N)[nH]1.Cl. The van der Waals surface area contributed by atoms with Gasteiger partial charge in [-0.1, -0.05) is 6.07 Å². The van der Waals surface area contributed by atoms with Gasteiger partial charge in [0, 0.05) is 35.3 Å². The van der Waals surface area contributed by atoms with Crippen LogP contribution in [0.5, 0.6) is 0 Å². The predicted octanol–water partition coefficient (Wildman–Crippen LogP) is 3.80. The first-order chi connectivity index (χ1) is 14.0. The van der Waals surface area contributed by atoms with E-state index < -0.39 is 15.6 Å². The van der Waals surface area contributed by atoms with Gasteiger partial charge in [-0.3, -0.25) is 0 Å². The van der Waals surface area contributed by atoms with Crippen LogP contribution in [0, 0.1) is 13.8 Å². The van der Waals surface area contributed by atoms with Crippen LogP contribution in [-0.4, -0.2) is 35.6 Å². The lowest BCUT2D eigenvalue weighted by atomic mass is 10.00. The number of benzene rings is 1. The Labute approximate surface area is 189 Å². The molecule has 0 bridgehead atoms. The second-order valence-electron chi connectivity index (χ2n) is 8.15. The molecular weight excluding hydrogens is 436 g/mol. The summed E-state index contributed by atoms with van der Waals surface area (Å²) in [5.41, 5.74) is 10.2. The van der Waals surface area contributed by atoms with Gasteiger partial charge in [-0.2, -0.15) is 0 Å². The van der Waals surface area contributed by atoms with Gasteiger partial charge >= 0.3 is 0 Å². The number of anilines is 1. The topological polar surface area (TPSA) is 121 Å². The molecule has 9 heteroatoms. The van der Waals surface area contributed by atoms with Crippen molar-refractivity contribution in [1.29, 1.82) is 0 Å². The fourth-order valence-electron chi connectivity index (χ4n) is 3.15. The number of sulfonamides is 1. The molecule has 0 aliphatic rings. The van der Waals surface area contributed by atoms with Crippen LogP contribution in [0.15, 0.2) is 47.5 Å². The van der Waals surface area contributed by atoms with Crippen molar-refractivity contribution in [2.45, 2.75) is 44.6 Å². The van der Waals surface area contributed by atoms with Crippen LogP contribution in [0.2, 0.25) is 0 Å². The first kappa shape index (κ1) is 24.9. The van der Waals surface area contributed by atoms with Gasteiger partial charge in [-0.05, 0) is 75.6 Å². The second-order valence-corrected chi connectivity index (χ2v) is 9.92. The Morgan fingerprint density at radius 1 is 1.13 bits per heavy atom. The first-order valence-electron chi connectivity index (χ1n) is 9.71. The Kier molecular flexibility index (Phi) is 7.54. The molecule has 7 nitrogen and oxygen atoms in total. The van der Waals surface area contributed by atoms with Crippen LogP contribution in [0.3, 0.4) is 0 Å². The number of nitrogens with zero attached hydrogens (tertiary/aromatic N) is 1. The molecule has 0 saturated carbocycles. The van der Waals surface area contributed by atoms with E-state index in [2.05, 4.69) is 14.7 Å². The van der Waals surface area contributed by atoms with Gasteiger partial charge in [0.1, 0.15) is 5.82 Å². The fraction of sp³-hybridized carbons (Fsp3) is 0.318. The summed E-state index contributed by atoms with van der Waals surface area (Å²) >= 11 is 0. The molecule has 3 rings (SSSR count). The number of aryl methyl sites for hydroxylation is 2. The van der Waals surface area contributed by atoms with Crippen LogP contribution in [0.25, 0.3) is 22.4 Å². The first-order valence-corrected chi connectivity index (χ1v) is 11.2. The summed E-state index contributed by atoms with van der Waals surface area (Å²) in [5, 5.41) is 9.80. The number of aliphatic hydroxyl groups is 1. The number of nitrogens with two attached hydrogens (primary N) is 1. The zero-order chi connectivity index (χ0) is 22.1. The Bertz CT molecular complexity index is 1170. The molecule has 0 radical (unpaired) electrons. The molecule has 0 spiro atoms. The number of aromatic amines is 1. The smallest absolute Gasteiger partial charge is 0.240 e. The molecule has 0 saturated heterocycles. The number of pyridine rings is 1. The van der Waals surface area contributed by atoms with Gasteiger partial charge in [0.2, 0.25) is 10.0 Å². The molecule has 0 unspecified atom stereocenters. The summed E-state index contributed by atoms with van der Waals surface area (Å²) in [4.78, 5) is 7.73. The minimum absolute atomic E-state index is 0. The lowest BCUT2D eigenvalue weighted by Gasteiger charge is -2.17. The van der Waals surface area contributed by atoms with E-state index in [-0.39, 0.29) is 23.8 Å². The van der Waals surface area contributed by atoms with Crippen molar-refractivity contribution in [3.63, 3.8) is 0 Å². The molecule has 0 fully saturated rings. The van der Waals surface area contributed by atoms with E-state index in [0.29, 0.717) is 12.2 Å². The minimum atomic E-state index is -3.71. The highest BCUT2D eigenvalue weighted by atomic mass is 35.5. The van der Waals surface area contributed by atoms with E-state index in [1.54, 1.807) is 38.2 Å². The molecule has 5 N–H and O–H groups in total. The third-order valence-corrected chi connectivity index (χ3v) is 6.36.